The zero-order chi connectivity index (χ0) is 25.2. The maximum Gasteiger partial charge on any atom is 0.295 e. The van der Waals surface area contributed by atoms with Crippen molar-refractivity contribution in [2.45, 2.75) is 10.9 Å². The number of hydrogen-bond acceptors (Lipinski definition) is 6. The van der Waals surface area contributed by atoms with Crippen LogP contribution in [0.15, 0.2) is 65.1 Å². The highest BCUT2D eigenvalue weighted by Crippen LogP contribution is 2.39. The van der Waals surface area contributed by atoms with Crippen molar-refractivity contribution in [3.05, 3.63) is 71.3 Å². The van der Waals surface area contributed by atoms with Crippen molar-refractivity contribution in [1.82, 2.24) is 9.21 Å². The molecule has 186 valence electrons. The summed E-state index contributed by atoms with van der Waals surface area (Å²) < 4.78 is 31.3. The number of hydrogen-bond donors (Lipinski definition) is 2. The van der Waals surface area contributed by atoms with E-state index in [-0.39, 0.29) is 21.8 Å². The zero-order valence-electron chi connectivity index (χ0n) is 19.8. The Labute approximate surface area is 205 Å². The molecule has 2 aromatic rings. The van der Waals surface area contributed by atoms with E-state index >= 15 is 0 Å². The molecule has 4 rings (SSSR count). The summed E-state index contributed by atoms with van der Waals surface area (Å²) >= 11 is 0. The fourth-order valence-electron chi connectivity index (χ4n) is 4.43. The predicted molar refractivity (Wildman–Crippen MR) is 129 cm³/mol. The van der Waals surface area contributed by atoms with E-state index in [0.717, 1.165) is 23.0 Å². The topological polar surface area (TPSA) is 109 Å². The third-order valence-electron chi connectivity index (χ3n) is 6.47. The number of ketones is 1. The van der Waals surface area contributed by atoms with Gasteiger partial charge in [-0.25, -0.2) is 12.7 Å². The molecule has 0 spiro atoms. The molecule has 2 aromatic carbocycles. The van der Waals surface area contributed by atoms with Crippen LogP contribution in [0.25, 0.3) is 5.76 Å². The molecule has 0 unspecified atom stereocenters. The maximum absolute atomic E-state index is 13.1. The second-order valence-corrected chi connectivity index (χ2v) is 11.0. The lowest BCUT2D eigenvalue weighted by Crippen LogP contribution is -3.14. The first-order chi connectivity index (χ1) is 16.7. The van der Waals surface area contributed by atoms with Crippen molar-refractivity contribution < 1.29 is 32.8 Å². The van der Waals surface area contributed by atoms with E-state index in [1.165, 1.54) is 48.2 Å². The van der Waals surface area contributed by atoms with E-state index in [0.29, 0.717) is 26.3 Å². The number of Topliss-reactive ketones (excluding diaryl/α,β-unsaturated/α-hetero) is 1. The molecule has 2 aliphatic heterocycles. The van der Waals surface area contributed by atoms with E-state index in [1.54, 1.807) is 0 Å². The summed E-state index contributed by atoms with van der Waals surface area (Å²) in [7, 11) is -0.776. The van der Waals surface area contributed by atoms with Crippen molar-refractivity contribution in [1.29, 1.82) is 0 Å². The van der Waals surface area contributed by atoms with Crippen molar-refractivity contribution in [3.8, 4) is 0 Å². The van der Waals surface area contributed by atoms with Crippen molar-refractivity contribution >= 4 is 27.5 Å². The molecular weight excluding hydrogens is 470 g/mol. The summed E-state index contributed by atoms with van der Waals surface area (Å²) in [5, 5.41) is 11.2. The minimum Gasteiger partial charge on any atom is -0.507 e. The summed E-state index contributed by atoms with van der Waals surface area (Å²) in [6.45, 7) is 4.02. The monoisotopic (exact) mass is 500 g/mol. The SMILES string of the molecule is CN(C)S(=O)(=O)c1ccc(C(O)=C2C(=O)C(=O)N(CC[NH+]3CCOCC3)[C@@H]2c2ccccc2)cc1. The van der Waals surface area contributed by atoms with Crippen LogP contribution < -0.4 is 4.90 Å². The lowest BCUT2D eigenvalue weighted by molar-refractivity contribution is -0.907. The minimum absolute atomic E-state index is 0.00129. The number of aliphatic hydroxyl groups is 1. The van der Waals surface area contributed by atoms with Crippen LogP contribution in [0.5, 0.6) is 0 Å². The number of nitrogens with zero attached hydrogens (tertiary/aromatic N) is 2. The molecule has 1 amide bonds. The van der Waals surface area contributed by atoms with Crippen molar-refractivity contribution in [3.63, 3.8) is 0 Å². The highest BCUT2D eigenvalue weighted by atomic mass is 32.2. The molecule has 0 aliphatic carbocycles. The molecule has 9 nitrogen and oxygen atoms in total. The van der Waals surface area contributed by atoms with Crippen molar-refractivity contribution in [2.24, 2.45) is 0 Å². The number of aliphatic hydroxyl groups excluding tert-OH is 1. The number of amides is 1. The molecule has 0 radical (unpaired) electrons. The Morgan fingerprint density at radius 2 is 1.69 bits per heavy atom. The van der Waals surface area contributed by atoms with E-state index in [9.17, 15) is 23.1 Å². The Hall–Kier alpha value is -3.05. The molecule has 2 aliphatic rings. The standard InChI is InChI=1S/C25H29N3O6S/c1-26(2)35(32,33)20-10-8-19(9-11-20)23(29)21-22(18-6-4-3-5-7-18)28(25(31)24(21)30)13-12-27-14-16-34-17-15-27/h3-11,22,29H,12-17H2,1-2H3/p+1/t22-/m1/s1. The van der Waals surface area contributed by atoms with Crippen LogP contribution in [0, 0.1) is 0 Å². The highest BCUT2D eigenvalue weighted by Gasteiger charge is 2.46. The van der Waals surface area contributed by atoms with E-state index in [2.05, 4.69) is 0 Å². The number of rotatable bonds is 7. The van der Waals surface area contributed by atoms with Gasteiger partial charge in [0.15, 0.2) is 0 Å². The lowest BCUT2D eigenvalue weighted by Gasteiger charge is -2.29. The number of nitrogens with one attached hydrogen (secondary N) is 1. The van der Waals surface area contributed by atoms with Gasteiger partial charge in [0, 0.05) is 19.7 Å². The van der Waals surface area contributed by atoms with Crippen LogP contribution in [0.2, 0.25) is 0 Å². The van der Waals surface area contributed by atoms with Gasteiger partial charge in [0.1, 0.15) is 18.8 Å². The van der Waals surface area contributed by atoms with Crippen LogP contribution in [0.4, 0.5) is 0 Å². The molecule has 2 saturated heterocycles. The molecule has 0 saturated carbocycles. The Morgan fingerprint density at radius 3 is 2.29 bits per heavy atom. The average molecular weight is 501 g/mol. The van der Waals surface area contributed by atoms with Gasteiger partial charge in [-0.05, 0) is 29.8 Å². The zero-order valence-corrected chi connectivity index (χ0v) is 20.6. The fraction of sp³-hybridized carbons (Fsp3) is 0.360. The van der Waals surface area contributed by atoms with Gasteiger partial charge in [0.25, 0.3) is 11.7 Å². The van der Waals surface area contributed by atoms with Gasteiger partial charge in [-0.1, -0.05) is 30.3 Å². The molecule has 2 N–H and O–H groups in total. The summed E-state index contributed by atoms with van der Waals surface area (Å²) in [6.07, 6.45) is 0. The maximum atomic E-state index is 13.1. The predicted octanol–water partition coefficient (Wildman–Crippen LogP) is 0.274. The normalized spacial score (nSPS) is 21.1. The number of carbonyl (C=O) groups is 2. The van der Waals surface area contributed by atoms with Crippen LogP contribution in [0.3, 0.4) is 0 Å². The Balaban J connectivity index is 1.71. The first-order valence-electron chi connectivity index (χ1n) is 11.5. The van der Waals surface area contributed by atoms with Gasteiger partial charge in [-0.15, -0.1) is 0 Å². The fourth-order valence-corrected chi connectivity index (χ4v) is 5.33. The lowest BCUT2D eigenvalue weighted by atomic mass is 9.95. The third kappa shape index (κ3) is 5.01. The van der Waals surface area contributed by atoms with Crippen LogP contribution >= 0.6 is 0 Å². The number of quaternary nitrogens is 1. The van der Waals surface area contributed by atoms with E-state index < -0.39 is 27.8 Å². The van der Waals surface area contributed by atoms with Crippen LogP contribution in [-0.2, 0) is 24.3 Å². The molecule has 35 heavy (non-hydrogen) atoms. The summed E-state index contributed by atoms with van der Waals surface area (Å²) in [5.41, 5.74) is 0.985. The molecule has 2 heterocycles. The van der Waals surface area contributed by atoms with Gasteiger partial charge >= 0.3 is 0 Å². The molecule has 10 heteroatoms. The molecule has 0 aromatic heterocycles. The molecule has 2 fully saturated rings. The quantitative estimate of drug-likeness (QED) is 0.321. The number of ether oxygens (including phenoxy) is 1. The van der Waals surface area contributed by atoms with Gasteiger partial charge < -0.3 is 19.6 Å². The molecular formula is C25H30N3O6S+. The smallest absolute Gasteiger partial charge is 0.295 e. The number of carbonyl (C=O) groups excluding carboxylic acids is 2. The Bertz CT molecular complexity index is 1220. The molecule has 0 bridgehead atoms. The minimum atomic E-state index is -3.64. The van der Waals surface area contributed by atoms with E-state index in [1.807, 2.05) is 30.3 Å². The van der Waals surface area contributed by atoms with Gasteiger partial charge in [0.05, 0.1) is 42.8 Å². The number of sulfonamides is 1. The summed E-state index contributed by atoms with van der Waals surface area (Å²) in [4.78, 5) is 29.1. The number of morpholine rings is 1. The van der Waals surface area contributed by atoms with Crippen LogP contribution in [0.1, 0.15) is 17.2 Å². The Morgan fingerprint density at radius 1 is 1.06 bits per heavy atom. The molecule has 1 atom stereocenters. The van der Waals surface area contributed by atoms with E-state index in [4.69, 9.17) is 4.74 Å². The summed E-state index contributed by atoms with van der Waals surface area (Å²) in [6, 6.07) is 14.0. The second kappa shape index (κ2) is 10.3. The van der Waals surface area contributed by atoms with Gasteiger partial charge in [-0.2, -0.15) is 0 Å². The summed E-state index contributed by atoms with van der Waals surface area (Å²) in [5.74, 6) is -1.73. The van der Waals surface area contributed by atoms with Crippen LogP contribution in [-0.4, -0.2) is 87.9 Å². The average Bonchev–Trinajstić information content (AvgIpc) is 3.13. The number of benzene rings is 2. The first kappa shape index (κ1) is 25.1. The first-order valence-corrected chi connectivity index (χ1v) is 12.9. The third-order valence-corrected chi connectivity index (χ3v) is 8.30. The van der Waals surface area contributed by atoms with Crippen molar-refractivity contribution in [2.75, 3.05) is 53.5 Å². The largest absolute Gasteiger partial charge is 0.507 e. The second-order valence-electron chi connectivity index (χ2n) is 8.83. The number of likely N-dealkylation sites (tertiary alicyclic amines) is 1. The van der Waals surface area contributed by atoms with Gasteiger partial charge in [0.2, 0.25) is 10.0 Å². The Kier molecular flexibility index (Phi) is 7.36. The highest BCUT2D eigenvalue weighted by molar-refractivity contribution is 7.89. The van der Waals surface area contributed by atoms with Gasteiger partial charge in [-0.3, -0.25) is 9.59 Å².